The number of nitrogens with zero attached hydrogens (tertiary/aromatic N) is 3. The zero-order valence-electron chi connectivity index (χ0n) is 16.0. The molecule has 148 valence electrons. The second-order valence-corrected chi connectivity index (χ2v) is 5.94. The molecule has 0 unspecified atom stereocenters. The molecule has 0 saturated heterocycles. The first-order chi connectivity index (χ1) is 14.0. The first-order valence-corrected chi connectivity index (χ1v) is 8.92. The number of ether oxygens (including phenoxy) is 1. The van der Waals surface area contributed by atoms with E-state index in [0.717, 1.165) is 5.69 Å². The van der Waals surface area contributed by atoms with Crippen LogP contribution in [0.5, 0.6) is 0 Å². The minimum atomic E-state index is -0.433. The van der Waals surface area contributed by atoms with Crippen molar-refractivity contribution in [3.8, 4) is 0 Å². The lowest BCUT2D eigenvalue weighted by Crippen LogP contribution is -2.09. The maximum absolute atomic E-state index is 12.1. The summed E-state index contributed by atoms with van der Waals surface area (Å²) in [6.07, 6.45) is 1.48. The van der Waals surface area contributed by atoms with Crippen LogP contribution in [0, 0.1) is 0 Å². The summed E-state index contributed by atoms with van der Waals surface area (Å²) in [5.74, 6) is 0.117. The number of esters is 1. The summed E-state index contributed by atoms with van der Waals surface area (Å²) < 4.78 is 5.07. The van der Waals surface area contributed by atoms with Crippen LogP contribution in [-0.4, -0.2) is 33.7 Å². The molecule has 9 heteroatoms. The third-order valence-electron chi connectivity index (χ3n) is 3.71. The van der Waals surface area contributed by atoms with E-state index in [0.29, 0.717) is 22.8 Å². The SMILES string of the molecule is CCOC(=O)c1ccccc1Nc1nncc(Nc2ccc(NC(C)=O)cc2)n1. The first-order valence-electron chi connectivity index (χ1n) is 8.92. The van der Waals surface area contributed by atoms with Crippen molar-refractivity contribution in [1.29, 1.82) is 0 Å². The minimum absolute atomic E-state index is 0.135. The summed E-state index contributed by atoms with van der Waals surface area (Å²) >= 11 is 0. The van der Waals surface area contributed by atoms with Crippen molar-refractivity contribution >= 4 is 40.7 Å². The lowest BCUT2D eigenvalue weighted by atomic mass is 10.2. The molecule has 3 aromatic rings. The van der Waals surface area contributed by atoms with Crippen LogP contribution < -0.4 is 16.0 Å². The maximum Gasteiger partial charge on any atom is 0.340 e. The molecule has 1 amide bonds. The number of nitrogens with one attached hydrogen (secondary N) is 3. The van der Waals surface area contributed by atoms with Gasteiger partial charge < -0.3 is 20.7 Å². The van der Waals surface area contributed by atoms with Crippen LogP contribution in [0.2, 0.25) is 0 Å². The summed E-state index contributed by atoms with van der Waals surface area (Å²) in [5.41, 5.74) is 2.36. The monoisotopic (exact) mass is 392 g/mol. The summed E-state index contributed by atoms with van der Waals surface area (Å²) in [6, 6.07) is 14.1. The van der Waals surface area contributed by atoms with E-state index in [9.17, 15) is 9.59 Å². The van der Waals surface area contributed by atoms with Gasteiger partial charge in [-0.3, -0.25) is 4.79 Å². The second-order valence-electron chi connectivity index (χ2n) is 5.94. The van der Waals surface area contributed by atoms with Gasteiger partial charge in [0.2, 0.25) is 11.9 Å². The van der Waals surface area contributed by atoms with Crippen LogP contribution in [0.25, 0.3) is 0 Å². The molecule has 0 atom stereocenters. The Morgan fingerprint density at radius 2 is 1.72 bits per heavy atom. The number of para-hydroxylation sites is 1. The van der Waals surface area contributed by atoms with Crippen molar-refractivity contribution in [3.05, 3.63) is 60.3 Å². The van der Waals surface area contributed by atoms with E-state index in [-0.39, 0.29) is 18.5 Å². The molecule has 0 bridgehead atoms. The lowest BCUT2D eigenvalue weighted by Gasteiger charge is -2.11. The van der Waals surface area contributed by atoms with Crippen LogP contribution in [0.15, 0.2) is 54.7 Å². The molecule has 9 nitrogen and oxygen atoms in total. The number of hydrogen-bond acceptors (Lipinski definition) is 8. The van der Waals surface area contributed by atoms with E-state index >= 15 is 0 Å². The predicted molar refractivity (Wildman–Crippen MR) is 110 cm³/mol. The molecule has 1 aromatic heterocycles. The number of aromatic nitrogens is 3. The summed E-state index contributed by atoms with van der Waals surface area (Å²) in [5, 5.41) is 16.7. The van der Waals surface area contributed by atoms with Gasteiger partial charge in [-0.2, -0.15) is 10.1 Å². The van der Waals surface area contributed by atoms with E-state index in [4.69, 9.17) is 4.74 Å². The minimum Gasteiger partial charge on any atom is -0.462 e. The molecular formula is C20H20N6O3. The molecule has 3 N–H and O–H groups in total. The Bertz CT molecular complexity index is 1010. The Balaban J connectivity index is 1.74. The number of carbonyl (C=O) groups is 2. The number of amides is 1. The zero-order chi connectivity index (χ0) is 20.6. The highest BCUT2D eigenvalue weighted by Gasteiger charge is 2.13. The van der Waals surface area contributed by atoms with Crippen molar-refractivity contribution in [2.75, 3.05) is 22.6 Å². The Labute approximate surface area is 167 Å². The third kappa shape index (κ3) is 5.48. The van der Waals surface area contributed by atoms with Gasteiger partial charge >= 0.3 is 5.97 Å². The number of rotatable bonds is 7. The van der Waals surface area contributed by atoms with Gasteiger partial charge in [0.15, 0.2) is 5.82 Å². The fourth-order valence-electron chi connectivity index (χ4n) is 2.50. The first kappa shape index (κ1) is 19.7. The van der Waals surface area contributed by atoms with E-state index in [1.165, 1.54) is 13.1 Å². The average molecular weight is 392 g/mol. The van der Waals surface area contributed by atoms with Crippen LogP contribution in [0.1, 0.15) is 24.2 Å². The predicted octanol–water partition coefficient (Wildman–Crippen LogP) is 3.49. The van der Waals surface area contributed by atoms with Crippen molar-refractivity contribution in [2.24, 2.45) is 0 Å². The molecule has 1 heterocycles. The Morgan fingerprint density at radius 3 is 2.45 bits per heavy atom. The average Bonchev–Trinajstić information content (AvgIpc) is 2.70. The van der Waals surface area contributed by atoms with Gasteiger partial charge in [-0.25, -0.2) is 4.79 Å². The maximum atomic E-state index is 12.1. The number of benzene rings is 2. The summed E-state index contributed by atoms with van der Waals surface area (Å²) in [7, 11) is 0. The van der Waals surface area contributed by atoms with Crippen LogP contribution in [0.4, 0.5) is 28.8 Å². The second kappa shape index (κ2) is 9.27. The quantitative estimate of drug-likeness (QED) is 0.523. The fourth-order valence-corrected chi connectivity index (χ4v) is 2.50. The van der Waals surface area contributed by atoms with Crippen LogP contribution in [-0.2, 0) is 9.53 Å². The standard InChI is InChI=1S/C20H20N6O3/c1-3-29-19(28)16-6-4-5-7-17(16)24-20-25-18(12-21-26-20)23-15-10-8-14(9-11-15)22-13(2)27/h4-12H,3H2,1-2H3,(H,22,27)(H2,23,24,25,26). The van der Waals surface area contributed by atoms with Crippen molar-refractivity contribution < 1.29 is 14.3 Å². The van der Waals surface area contributed by atoms with E-state index in [1.807, 2.05) is 0 Å². The highest BCUT2D eigenvalue weighted by atomic mass is 16.5. The van der Waals surface area contributed by atoms with E-state index in [1.54, 1.807) is 55.5 Å². The Hall–Kier alpha value is -4.01. The van der Waals surface area contributed by atoms with Gasteiger partial charge in [-0.15, -0.1) is 5.10 Å². The molecule has 0 radical (unpaired) electrons. The largest absolute Gasteiger partial charge is 0.462 e. The Kier molecular flexibility index (Phi) is 6.31. The van der Waals surface area contributed by atoms with Gasteiger partial charge in [0, 0.05) is 18.3 Å². The molecule has 0 aliphatic heterocycles. The van der Waals surface area contributed by atoms with Gasteiger partial charge in [-0.1, -0.05) is 12.1 Å². The zero-order valence-corrected chi connectivity index (χ0v) is 16.0. The number of anilines is 5. The smallest absolute Gasteiger partial charge is 0.340 e. The van der Waals surface area contributed by atoms with Crippen LogP contribution >= 0.6 is 0 Å². The topological polar surface area (TPSA) is 118 Å². The summed E-state index contributed by atoms with van der Waals surface area (Å²) in [4.78, 5) is 27.6. The van der Waals surface area contributed by atoms with Gasteiger partial charge in [-0.05, 0) is 43.3 Å². The Morgan fingerprint density at radius 1 is 1.00 bits per heavy atom. The van der Waals surface area contributed by atoms with Crippen molar-refractivity contribution in [2.45, 2.75) is 13.8 Å². The fraction of sp³-hybridized carbons (Fsp3) is 0.150. The molecular weight excluding hydrogens is 372 g/mol. The molecule has 0 fully saturated rings. The lowest BCUT2D eigenvalue weighted by molar-refractivity contribution is -0.114. The molecule has 0 spiro atoms. The van der Waals surface area contributed by atoms with Crippen LogP contribution in [0.3, 0.4) is 0 Å². The third-order valence-corrected chi connectivity index (χ3v) is 3.71. The van der Waals surface area contributed by atoms with E-state index < -0.39 is 5.97 Å². The molecule has 0 aliphatic carbocycles. The molecule has 29 heavy (non-hydrogen) atoms. The van der Waals surface area contributed by atoms with Gasteiger partial charge in [0.1, 0.15) is 0 Å². The van der Waals surface area contributed by atoms with Crippen molar-refractivity contribution in [3.63, 3.8) is 0 Å². The molecule has 3 rings (SSSR count). The highest BCUT2D eigenvalue weighted by molar-refractivity contribution is 5.96. The molecule has 0 aliphatic rings. The normalized spacial score (nSPS) is 10.1. The summed E-state index contributed by atoms with van der Waals surface area (Å²) in [6.45, 7) is 3.48. The molecule has 0 saturated carbocycles. The van der Waals surface area contributed by atoms with Gasteiger partial charge in [0.05, 0.1) is 24.1 Å². The highest BCUT2D eigenvalue weighted by Crippen LogP contribution is 2.21. The van der Waals surface area contributed by atoms with Gasteiger partial charge in [0.25, 0.3) is 0 Å². The molecule has 2 aromatic carbocycles. The van der Waals surface area contributed by atoms with Crippen molar-refractivity contribution in [1.82, 2.24) is 15.2 Å². The van der Waals surface area contributed by atoms with E-state index in [2.05, 4.69) is 31.1 Å². The number of carbonyl (C=O) groups excluding carboxylic acids is 2. The number of hydrogen-bond donors (Lipinski definition) is 3.